The van der Waals surface area contributed by atoms with E-state index in [9.17, 15) is 0 Å². The molecule has 0 spiro atoms. The summed E-state index contributed by atoms with van der Waals surface area (Å²) in [4.78, 5) is 0. The van der Waals surface area contributed by atoms with Crippen LogP contribution < -0.4 is 10.1 Å². The molecule has 94 valence electrons. The summed E-state index contributed by atoms with van der Waals surface area (Å²) in [5.74, 6) is 0.720. The third-order valence-corrected chi connectivity index (χ3v) is 3.35. The average Bonchev–Trinajstić information content (AvgIpc) is 2.31. The Morgan fingerprint density at radius 1 is 1.41 bits per heavy atom. The molecule has 1 aliphatic rings. The van der Waals surface area contributed by atoms with E-state index in [2.05, 4.69) is 19.2 Å². The number of ether oxygens (including phenoxy) is 2. The monoisotopic (exact) mass is 255 g/mol. The second-order valence-electron chi connectivity index (χ2n) is 4.50. The van der Waals surface area contributed by atoms with E-state index in [0.717, 1.165) is 12.4 Å². The second-order valence-corrected chi connectivity index (χ2v) is 4.91. The number of benzene rings is 1. The molecule has 1 saturated heterocycles. The Morgan fingerprint density at radius 2 is 2.18 bits per heavy atom. The zero-order valence-electron chi connectivity index (χ0n) is 10.4. The lowest BCUT2D eigenvalue weighted by Crippen LogP contribution is -2.41. The van der Waals surface area contributed by atoms with Gasteiger partial charge < -0.3 is 14.8 Å². The molecule has 1 heterocycles. The highest BCUT2D eigenvalue weighted by Crippen LogP contribution is 2.31. The lowest BCUT2D eigenvalue weighted by atomic mass is 10.00. The van der Waals surface area contributed by atoms with Crippen molar-refractivity contribution >= 4 is 11.6 Å². The lowest BCUT2D eigenvalue weighted by Gasteiger charge is -2.30. The molecule has 0 bridgehead atoms. The van der Waals surface area contributed by atoms with E-state index >= 15 is 0 Å². The van der Waals surface area contributed by atoms with Gasteiger partial charge in [-0.2, -0.15) is 0 Å². The summed E-state index contributed by atoms with van der Waals surface area (Å²) < 4.78 is 10.8. The van der Waals surface area contributed by atoms with Crippen molar-refractivity contribution in [2.75, 3.05) is 20.3 Å². The molecule has 0 saturated carbocycles. The van der Waals surface area contributed by atoms with Gasteiger partial charge in [-0.1, -0.05) is 11.6 Å². The first-order valence-electron chi connectivity index (χ1n) is 5.79. The van der Waals surface area contributed by atoms with Gasteiger partial charge in [0.1, 0.15) is 5.75 Å². The van der Waals surface area contributed by atoms with E-state index in [1.54, 1.807) is 7.11 Å². The summed E-state index contributed by atoms with van der Waals surface area (Å²) in [6.07, 6.45) is 0. The number of aryl methyl sites for hydroxylation is 1. The zero-order valence-corrected chi connectivity index (χ0v) is 11.2. The highest BCUT2D eigenvalue weighted by molar-refractivity contribution is 6.32. The van der Waals surface area contributed by atoms with Gasteiger partial charge in [0.15, 0.2) is 0 Å². The van der Waals surface area contributed by atoms with Gasteiger partial charge in [-0.3, -0.25) is 0 Å². The molecule has 2 rings (SSSR count). The fourth-order valence-electron chi connectivity index (χ4n) is 2.18. The molecule has 0 aliphatic carbocycles. The first-order chi connectivity index (χ1) is 8.11. The Bertz CT molecular complexity index is 409. The summed E-state index contributed by atoms with van der Waals surface area (Å²) in [5.41, 5.74) is 2.35. The molecule has 1 aliphatic heterocycles. The Hall–Kier alpha value is -0.770. The van der Waals surface area contributed by atoms with Crippen molar-refractivity contribution in [1.82, 2.24) is 5.32 Å². The van der Waals surface area contributed by atoms with Crippen molar-refractivity contribution in [1.29, 1.82) is 0 Å². The molecule has 2 unspecified atom stereocenters. The van der Waals surface area contributed by atoms with Crippen LogP contribution in [0.1, 0.15) is 24.1 Å². The van der Waals surface area contributed by atoms with Gasteiger partial charge in [0, 0.05) is 6.04 Å². The predicted molar refractivity (Wildman–Crippen MR) is 68.9 cm³/mol. The maximum absolute atomic E-state index is 6.16. The SMILES string of the molecule is COc1cc(C)c(C2COCC(C)N2)cc1Cl. The molecule has 4 heteroatoms. The molecule has 3 nitrogen and oxygen atoms in total. The fourth-order valence-corrected chi connectivity index (χ4v) is 2.43. The van der Waals surface area contributed by atoms with Gasteiger partial charge in [-0.25, -0.2) is 0 Å². The van der Waals surface area contributed by atoms with Crippen molar-refractivity contribution in [3.63, 3.8) is 0 Å². The molecule has 0 aromatic heterocycles. The molecule has 17 heavy (non-hydrogen) atoms. The highest BCUT2D eigenvalue weighted by atomic mass is 35.5. The number of hydrogen-bond donors (Lipinski definition) is 1. The molecular weight excluding hydrogens is 238 g/mol. The largest absolute Gasteiger partial charge is 0.495 e. The van der Waals surface area contributed by atoms with E-state index < -0.39 is 0 Å². The Labute approximate surface area is 107 Å². The normalized spacial score (nSPS) is 24.7. The minimum atomic E-state index is 0.210. The summed E-state index contributed by atoms with van der Waals surface area (Å²) in [6, 6.07) is 4.52. The van der Waals surface area contributed by atoms with Crippen LogP contribution in [0.3, 0.4) is 0 Å². The number of nitrogens with one attached hydrogen (secondary N) is 1. The van der Waals surface area contributed by atoms with Gasteiger partial charge in [-0.15, -0.1) is 0 Å². The smallest absolute Gasteiger partial charge is 0.137 e. The zero-order chi connectivity index (χ0) is 12.4. The van der Waals surface area contributed by atoms with Crippen LogP contribution in [-0.4, -0.2) is 26.4 Å². The minimum absolute atomic E-state index is 0.210. The van der Waals surface area contributed by atoms with Gasteiger partial charge >= 0.3 is 0 Å². The van der Waals surface area contributed by atoms with Crippen molar-refractivity contribution in [2.24, 2.45) is 0 Å². The third kappa shape index (κ3) is 2.73. The van der Waals surface area contributed by atoms with E-state index in [1.165, 1.54) is 11.1 Å². The van der Waals surface area contributed by atoms with Gasteiger partial charge in [0.2, 0.25) is 0 Å². The van der Waals surface area contributed by atoms with Crippen molar-refractivity contribution in [2.45, 2.75) is 25.9 Å². The van der Waals surface area contributed by atoms with Gasteiger partial charge in [0.05, 0.1) is 31.4 Å². The average molecular weight is 256 g/mol. The molecule has 0 amide bonds. The van der Waals surface area contributed by atoms with Crippen molar-refractivity contribution in [3.05, 3.63) is 28.3 Å². The molecule has 1 fully saturated rings. The van der Waals surface area contributed by atoms with E-state index in [4.69, 9.17) is 21.1 Å². The van der Waals surface area contributed by atoms with Crippen LogP contribution in [-0.2, 0) is 4.74 Å². The Balaban J connectivity index is 2.28. The Kier molecular flexibility index (Phi) is 3.92. The summed E-state index contributed by atoms with van der Waals surface area (Å²) >= 11 is 6.16. The third-order valence-electron chi connectivity index (χ3n) is 3.05. The first-order valence-corrected chi connectivity index (χ1v) is 6.17. The van der Waals surface area contributed by atoms with Crippen molar-refractivity contribution in [3.8, 4) is 5.75 Å². The van der Waals surface area contributed by atoms with E-state index in [1.807, 2.05) is 12.1 Å². The molecule has 0 radical (unpaired) electrons. The maximum atomic E-state index is 6.16. The minimum Gasteiger partial charge on any atom is -0.495 e. The van der Waals surface area contributed by atoms with Crippen LogP contribution in [0.25, 0.3) is 0 Å². The molecule has 1 N–H and O–H groups in total. The highest BCUT2D eigenvalue weighted by Gasteiger charge is 2.22. The van der Waals surface area contributed by atoms with Crippen LogP contribution in [0.15, 0.2) is 12.1 Å². The summed E-state index contributed by atoms with van der Waals surface area (Å²) in [5, 5.41) is 4.16. The summed E-state index contributed by atoms with van der Waals surface area (Å²) in [7, 11) is 1.63. The van der Waals surface area contributed by atoms with Crippen LogP contribution >= 0.6 is 11.6 Å². The number of hydrogen-bond acceptors (Lipinski definition) is 3. The maximum Gasteiger partial charge on any atom is 0.137 e. The molecule has 1 aromatic carbocycles. The Morgan fingerprint density at radius 3 is 2.82 bits per heavy atom. The predicted octanol–water partition coefficient (Wildman–Crippen LogP) is 2.71. The van der Waals surface area contributed by atoms with E-state index in [0.29, 0.717) is 17.7 Å². The number of methoxy groups -OCH3 is 1. The second kappa shape index (κ2) is 5.25. The molecule has 2 atom stereocenters. The van der Waals surface area contributed by atoms with Gasteiger partial charge in [0.25, 0.3) is 0 Å². The topological polar surface area (TPSA) is 30.5 Å². The quantitative estimate of drug-likeness (QED) is 0.882. The first kappa shape index (κ1) is 12.7. The van der Waals surface area contributed by atoms with Gasteiger partial charge in [-0.05, 0) is 37.1 Å². The standard InChI is InChI=1S/C13H18ClNO2/c1-8-4-13(16-3)11(14)5-10(8)12-7-17-6-9(2)15-12/h4-5,9,12,15H,6-7H2,1-3H3. The lowest BCUT2D eigenvalue weighted by molar-refractivity contribution is 0.0502. The number of rotatable bonds is 2. The summed E-state index contributed by atoms with van der Waals surface area (Å²) in [6.45, 7) is 5.63. The van der Waals surface area contributed by atoms with Crippen molar-refractivity contribution < 1.29 is 9.47 Å². The van der Waals surface area contributed by atoms with Crippen LogP contribution in [0, 0.1) is 6.92 Å². The van der Waals surface area contributed by atoms with E-state index in [-0.39, 0.29) is 6.04 Å². The fraction of sp³-hybridized carbons (Fsp3) is 0.538. The molecular formula is C13H18ClNO2. The van der Waals surface area contributed by atoms with Crippen LogP contribution in [0.2, 0.25) is 5.02 Å². The molecule has 1 aromatic rings. The van der Waals surface area contributed by atoms with Crippen LogP contribution in [0.5, 0.6) is 5.75 Å². The number of halogens is 1. The number of morpholine rings is 1. The van der Waals surface area contributed by atoms with Crippen LogP contribution in [0.4, 0.5) is 0 Å².